The molecule has 0 aromatic heterocycles. The summed E-state index contributed by atoms with van der Waals surface area (Å²) in [6.45, 7) is 3.10. The van der Waals surface area contributed by atoms with E-state index in [4.69, 9.17) is 21.1 Å². The van der Waals surface area contributed by atoms with Crippen molar-refractivity contribution in [3.63, 3.8) is 0 Å². The van der Waals surface area contributed by atoms with Crippen LogP contribution in [-0.2, 0) is 12.8 Å². The highest BCUT2D eigenvalue weighted by molar-refractivity contribution is 6.31. The van der Waals surface area contributed by atoms with Crippen molar-refractivity contribution in [1.29, 1.82) is 0 Å². The molecule has 0 saturated heterocycles. The van der Waals surface area contributed by atoms with Crippen LogP contribution in [0.15, 0.2) is 24.3 Å². The van der Waals surface area contributed by atoms with Crippen LogP contribution in [0.1, 0.15) is 27.0 Å². The van der Waals surface area contributed by atoms with Crippen LogP contribution in [0.5, 0.6) is 11.5 Å². The zero-order valence-corrected chi connectivity index (χ0v) is 13.5. The molecule has 2 aliphatic heterocycles. The molecule has 2 heterocycles. The van der Waals surface area contributed by atoms with Gasteiger partial charge in [0.2, 0.25) is 0 Å². The fraction of sp³-hybridized carbons (Fsp3) is 0.278. The van der Waals surface area contributed by atoms with E-state index in [2.05, 4.69) is 5.32 Å². The predicted molar refractivity (Wildman–Crippen MR) is 89.0 cm³/mol. The molecule has 0 bridgehead atoms. The Morgan fingerprint density at radius 2 is 2.04 bits per heavy atom. The summed E-state index contributed by atoms with van der Waals surface area (Å²) >= 11 is 6.13. The van der Waals surface area contributed by atoms with Crippen LogP contribution in [0, 0.1) is 6.92 Å². The van der Waals surface area contributed by atoms with Crippen LogP contribution in [0.25, 0.3) is 0 Å². The Kier molecular flexibility index (Phi) is 3.42. The third-order valence-electron chi connectivity index (χ3n) is 4.39. The molecular formula is C18H16ClNO3. The maximum Gasteiger partial charge on any atom is 0.259 e. The van der Waals surface area contributed by atoms with Gasteiger partial charge in [0, 0.05) is 34.7 Å². The second-order valence-corrected chi connectivity index (χ2v) is 6.19. The average Bonchev–Trinajstić information content (AvgIpc) is 3.17. The second kappa shape index (κ2) is 5.46. The van der Waals surface area contributed by atoms with Crippen LogP contribution in [-0.4, -0.2) is 19.1 Å². The lowest BCUT2D eigenvalue weighted by Crippen LogP contribution is -2.16. The van der Waals surface area contributed by atoms with Gasteiger partial charge in [-0.2, -0.15) is 0 Å². The van der Waals surface area contributed by atoms with Gasteiger partial charge in [0.1, 0.15) is 11.5 Å². The molecule has 0 atom stereocenters. The summed E-state index contributed by atoms with van der Waals surface area (Å²) in [6, 6.07) is 7.48. The third-order valence-corrected chi connectivity index (χ3v) is 4.80. The largest absolute Gasteiger partial charge is 0.493 e. The van der Waals surface area contributed by atoms with Crippen LogP contribution in [0.3, 0.4) is 0 Å². The van der Waals surface area contributed by atoms with Crippen molar-refractivity contribution >= 4 is 23.2 Å². The van der Waals surface area contributed by atoms with E-state index >= 15 is 0 Å². The maximum absolute atomic E-state index is 12.9. The van der Waals surface area contributed by atoms with E-state index in [1.54, 1.807) is 6.07 Å². The number of rotatable bonds is 2. The Bertz CT molecular complexity index is 784. The van der Waals surface area contributed by atoms with Gasteiger partial charge in [0.15, 0.2) is 0 Å². The number of halogens is 1. The Morgan fingerprint density at radius 1 is 1.22 bits per heavy atom. The Balaban J connectivity index is 1.76. The summed E-state index contributed by atoms with van der Waals surface area (Å²) in [4.78, 5) is 12.9. The summed E-state index contributed by atoms with van der Waals surface area (Å²) in [5, 5.41) is 3.60. The molecule has 0 spiro atoms. The first-order valence-corrected chi connectivity index (χ1v) is 8.04. The monoisotopic (exact) mass is 329 g/mol. The van der Waals surface area contributed by atoms with Crippen molar-refractivity contribution in [2.75, 3.05) is 18.5 Å². The van der Waals surface area contributed by atoms with Gasteiger partial charge in [-0.15, -0.1) is 0 Å². The molecule has 4 nitrogen and oxygen atoms in total. The second-order valence-electron chi connectivity index (χ2n) is 5.78. The molecule has 2 aromatic rings. The Hall–Kier alpha value is -2.20. The lowest BCUT2D eigenvalue weighted by atomic mass is 9.98. The van der Waals surface area contributed by atoms with Crippen molar-refractivity contribution in [2.24, 2.45) is 0 Å². The first-order chi connectivity index (χ1) is 11.1. The van der Waals surface area contributed by atoms with Gasteiger partial charge in [-0.05, 0) is 30.7 Å². The molecule has 0 saturated carbocycles. The normalized spacial score (nSPS) is 14.7. The molecule has 4 rings (SSSR count). The van der Waals surface area contributed by atoms with Gasteiger partial charge in [-0.25, -0.2) is 0 Å². The highest BCUT2D eigenvalue weighted by Crippen LogP contribution is 2.41. The number of amides is 1. The summed E-state index contributed by atoms with van der Waals surface area (Å²) in [6.07, 6.45) is 1.53. The van der Waals surface area contributed by atoms with E-state index in [9.17, 15) is 4.79 Å². The van der Waals surface area contributed by atoms with Crippen molar-refractivity contribution in [1.82, 2.24) is 0 Å². The summed E-state index contributed by atoms with van der Waals surface area (Å²) in [5.41, 5.74) is 4.14. The Labute approximate surface area is 139 Å². The van der Waals surface area contributed by atoms with E-state index in [1.165, 1.54) is 0 Å². The van der Waals surface area contributed by atoms with Gasteiger partial charge in [0.05, 0.1) is 18.8 Å². The number of anilines is 1. The number of carbonyl (C=O) groups is 1. The molecule has 0 unspecified atom stereocenters. The molecule has 0 aliphatic carbocycles. The summed E-state index contributed by atoms with van der Waals surface area (Å²) in [7, 11) is 0. The minimum Gasteiger partial charge on any atom is -0.493 e. The maximum atomic E-state index is 12.9. The number of carbonyl (C=O) groups excluding carboxylic acids is 1. The van der Waals surface area contributed by atoms with Crippen molar-refractivity contribution in [3.8, 4) is 11.5 Å². The highest BCUT2D eigenvalue weighted by atomic mass is 35.5. The molecule has 118 valence electrons. The Morgan fingerprint density at radius 3 is 2.91 bits per heavy atom. The number of hydrogen-bond donors (Lipinski definition) is 1. The van der Waals surface area contributed by atoms with Crippen LogP contribution >= 0.6 is 11.6 Å². The molecule has 0 fully saturated rings. The van der Waals surface area contributed by atoms with Gasteiger partial charge in [0.25, 0.3) is 5.91 Å². The first kappa shape index (κ1) is 14.4. The van der Waals surface area contributed by atoms with Gasteiger partial charge < -0.3 is 14.8 Å². The topological polar surface area (TPSA) is 47.6 Å². The molecule has 2 aromatic carbocycles. The smallest absolute Gasteiger partial charge is 0.259 e. The zero-order valence-electron chi connectivity index (χ0n) is 12.7. The van der Waals surface area contributed by atoms with Gasteiger partial charge >= 0.3 is 0 Å². The fourth-order valence-corrected chi connectivity index (χ4v) is 3.33. The van der Waals surface area contributed by atoms with Crippen LogP contribution < -0.4 is 14.8 Å². The molecule has 5 heteroatoms. The number of benzene rings is 2. The van der Waals surface area contributed by atoms with Crippen molar-refractivity contribution in [3.05, 3.63) is 51.5 Å². The van der Waals surface area contributed by atoms with E-state index < -0.39 is 0 Å². The molecular weight excluding hydrogens is 314 g/mol. The van der Waals surface area contributed by atoms with Gasteiger partial charge in [-0.1, -0.05) is 17.7 Å². The minimum atomic E-state index is -0.170. The summed E-state index contributed by atoms with van der Waals surface area (Å²) < 4.78 is 11.4. The van der Waals surface area contributed by atoms with E-state index in [0.29, 0.717) is 35.2 Å². The molecule has 0 radical (unpaired) electrons. The molecule has 1 amide bonds. The summed E-state index contributed by atoms with van der Waals surface area (Å²) in [5.74, 6) is 1.34. The predicted octanol–water partition coefficient (Wildman–Crippen LogP) is 3.77. The highest BCUT2D eigenvalue weighted by Gasteiger charge is 2.30. The SMILES string of the molecule is Cc1c(Cl)cccc1NC(=O)c1c2c(cc3c1OCC3)OCC2. The quantitative estimate of drug-likeness (QED) is 0.912. The van der Waals surface area contributed by atoms with Gasteiger partial charge in [-0.3, -0.25) is 4.79 Å². The van der Waals surface area contributed by atoms with E-state index in [-0.39, 0.29) is 5.91 Å². The molecule has 23 heavy (non-hydrogen) atoms. The lowest BCUT2D eigenvalue weighted by Gasteiger charge is -2.14. The van der Waals surface area contributed by atoms with Crippen molar-refractivity contribution < 1.29 is 14.3 Å². The number of hydrogen-bond acceptors (Lipinski definition) is 3. The van der Waals surface area contributed by atoms with Crippen LogP contribution in [0.4, 0.5) is 5.69 Å². The van der Waals surface area contributed by atoms with E-state index in [0.717, 1.165) is 35.3 Å². The number of ether oxygens (including phenoxy) is 2. The molecule has 1 N–H and O–H groups in total. The zero-order chi connectivity index (χ0) is 16.0. The van der Waals surface area contributed by atoms with Crippen molar-refractivity contribution in [2.45, 2.75) is 19.8 Å². The standard InChI is InChI=1S/C18H16ClNO3/c1-10-13(19)3-2-4-14(10)20-18(21)16-12-6-8-22-15(12)9-11-5-7-23-17(11)16/h2-4,9H,5-8H2,1H3,(H,20,21). The fourth-order valence-electron chi connectivity index (χ4n) is 3.15. The third kappa shape index (κ3) is 2.34. The average molecular weight is 330 g/mol. The number of nitrogens with one attached hydrogen (secondary N) is 1. The number of fused-ring (bicyclic) bond motifs is 2. The van der Waals surface area contributed by atoms with Crippen LogP contribution in [0.2, 0.25) is 5.02 Å². The molecule has 2 aliphatic rings. The lowest BCUT2D eigenvalue weighted by molar-refractivity contribution is 0.102. The minimum absolute atomic E-state index is 0.170. The first-order valence-electron chi connectivity index (χ1n) is 7.66. The van der Waals surface area contributed by atoms with E-state index in [1.807, 2.05) is 25.1 Å².